The van der Waals surface area contributed by atoms with Gasteiger partial charge >= 0.3 is 0 Å². The molecule has 0 saturated carbocycles. The Labute approximate surface area is 159 Å². The smallest absolute Gasteiger partial charge is 0.294 e. The van der Waals surface area contributed by atoms with Gasteiger partial charge in [-0.2, -0.15) is 0 Å². The molecule has 0 unspecified atom stereocenters. The first-order valence-electron chi connectivity index (χ1n) is 7.94. The highest BCUT2D eigenvalue weighted by Crippen LogP contribution is 2.32. The highest BCUT2D eigenvalue weighted by atomic mass is 32.2. The zero-order valence-corrected chi connectivity index (χ0v) is 15.2. The summed E-state index contributed by atoms with van der Waals surface area (Å²) in [6.45, 7) is -0.381. The highest BCUT2D eigenvalue weighted by molar-refractivity contribution is 8.18. The third kappa shape index (κ3) is 4.48. The van der Waals surface area contributed by atoms with Crippen molar-refractivity contribution in [2.45, 2.75) is 0 Å². The monoisotopic (exact) mass is 384 g/mol. The Morgan fingerprint density at radius 2 is 1.96 bits per heavy atom. The molecule has 0 spiro atoms. The van der Waals surface area contributed by atoms with Crippen LogP contribution in [0.3, 0.4) is 0 Å². The van der Waals surface area contributed by atoms with Crippen molar-refractivity contribution >= 4 is 40.6 Å². The van der Waals surface area contributed by atoms with Gasteiger partial charge in [-0.05, 0) is 59.8 Å². The number of carbonyl (C=O) groups excluding carboxylic acids is 3. The summed E-state index contributed by atoms with van der Waals surface area (Å²) in [4.78, 5) is 37.8. The zero-order valence-electron chi connectivity index (χ0n) is 14.3. The molecule has 1 saturated heterocycles. The average Bonchev–Trinajstić information content (AvgIpc) is 2.90. The number of rotatable bonds is 5. The Morgan fingerprint density at radius 3 is 2.63 bits per heavy atom. The molecule has 8 heteroatoms. The summed E-state index contributed by atoms with van der Waals surface area (Å²) >= 11 is 0.756. The molecule has 1 aliphatic heterocycles. The fourth-order valence-electron chi connectivity index (χ4n) is 2.42. The van der Waals surface area contributed by atoms with Crippen molar-refractivity contribution in [3.63, 3.8) is 0 Å². The predicted octanol–water partition coefficient (Wildman–Crippen LogP) is 3.08. The number of ether oxygens (including phenoxy) is 1. The summed E-state index contributed by atoms with van der Waals surface area (Å²) in [5.74, 6) is -0.322. The molecule has 2 N–H and O–H groups in total. The van der Waals surface area contributed by atoms with E-state index in [-0.39, 0.29) is 17.2 Å². The number of aromatic hydroxyl groups is 1. The summed E-state index contributed by atoms with van der Waals surface area (Å²) in [6.07, 6.45) is 1.51. The first-order valence-corrected chi connectivity index (χ1v) is 8.76. The van der Waals surface area contributed by atoms with Crippen LogP contribution in [0.15, 0.2) is 53.4 Å². The maximum absolute atomic E-state index is 12.4. The standard InChI is InChI=1S/C19H16N2O5S/c1-26-15-7-5-13(6-8-15)20-17(23)11-21-18(24)16(27-19(21)25)10-12-3-2-4-14(22)9-12/h2-10,22H,11H2,1H3,(H,20,23). The van der Waals surface area contributed by atoms with Gasteiger partial charge in [-0.25, -0.2) is 0 Å². The number of nitrogens with zero attached hydrogens (tertiary/aromatic N) is 1. The van der Waals surface area contributed by atoms with Gasteiger partial charge < -0.3 is 15.2 Å². The van der Waals surface area contributed by atoms with Gasteiger partial charge in [0.2, 0.25) is 5.91 Å². The Balaban J connectivity index is 1.67. The second kappa shape index (κ2) is 7.96. The number of benzene rings is 2. The van der Waals surface area contributed by atoms with Crippen molar-refractivity contribution in [2.75, 3.05) is 19.0 Å². The molecular weight excluding hydrogens is 368 g/mol. The number of phenols is 1. The van der Waals surface area contributed by atoms with Crippen LogP contribution in [-0.2, 0) is 9.59 Å². The van der Waals surface area contributed by atoms with Crippen LogP contribution < -0.4 is 10.1 Å². The molecule has 3 amide bonds. The van der Waals surface area contributed by atoms with Gasteiger partial charge in [-0.1, -0.05) is 12.1 Å². The third-order valence-electron chi connectivity index (χ3n) is 3.72. The number of phenolic OH excluding ortho intramolecular Hbond substituents is 1. The minimum absolute atomic E-state index is 0.0573. The van der Waals surface area contributed by atoms with Crippen LogP contribution in [0.1, 0.15) is 5.56 Å². The molecule has 7 nitrogen and oxygen atoms in total. The summed E-state index contributed by atoms with van der Waals surface area (Å²) < 4.78 is 5.04. The van der Waals surface area contributed by atoms with Gasteiger partial charge in [0.05, 0.1) is 12.0 Å². The number of nitrogens with one attached hydrogen (secondary N) is 1. The van der Waals surface area contributed by atoms with Gasteiger partial charge in [-0.3, -0.25) is 19.3 Å². The van der Waals surface area contributed by atoms with Crippen LogP contribution in [0.25, 0.3) is 6.08 Å². The van der Waals surface area contributed by atoms with Crippen LogP contribution in [0.5, 0.6) is 11.5 Å². The molecule has 138 valence electrons. The SMILES string of the molecule is COc1ccc(NC(=O)CN2C(=O)SC(=Cc3cccc(O)c3)C2=O)cc1. The van der Waals surface area contributed by atoms with E-state index in [4.69, 9.17) is 4.74 Å². The van der Waals surface area contributed by atoms with Gasteiger partial charge in [-0.15, -0.1) is 0 Å². The normalized spacial score (nSPS) is 15.3. The first kappa shape index (κ1) is 18.5. The Morgan fingerprint density at radius 1 is 1.22 bits per heavy atom. The number of hydrogen-bond donors (Lipinski definition) is 2. The lowest BCUT2D eigenvalue weighted by Crippen LogP contribution is -2.36. The number of imide groups is 1. The zero-order chi connectivity index (χ0) is 19.4. The third-order valence-corrected chi connectivity index (χ3v) is 4.62. The van der Waals surface area contributed by atoms with Crippen LogP contribution in [0.2, 0.25) is 0 Å². The second-order valence-corrected chi connectivity index (χ2v) is 6.63. The lowest BCUT2D eigenvalue weighted by Gasteiger charge is -2.12. The van der Waals surface area contributed by atoms with Gasteiger partial charge in [0, 0.05) is 5.69 Å². The fraction of sp³-hybridized carbons (Fsp3) is 0.105. The number of methoxy groups -OCH3 is 1. The molecule has 2 aromatic rings. The molecule has 1 heterocycles. The summed E-state index contributed by atoms with van der Waals surface area (Å²) in [7, 11) is 1.54. The summed E-state index contributed by atoms with van der Waals surface area (Å²) in [6, 6.07) is 13.0. The Hall–Kier alpha value is -3.26. The summed E-state index contributed by atoms with van der Waals surface area (Å²) in [5, 5.41) is 11.6. The van der Waals surface area contributed by atoms with Gasteiger partial charge in [0.15, 0.2) is 0 Å². The van der Waals surface area contributed by atoms with E-state index in [1.165, 1.54) is 25.3 Å². The van der Waals surface area contributed by atoms with Crippen molar-refractivity contribution in [1.82, 2.24) is 4.90 Å². The molecule has 3 rings (SSSR count). The van der Waals surface area contributed by atoms with Gasteiger partial charge in [0.1, 0.15) is 18.0 Å². The molecule has 1 aliphatic rings. The van der Waals surface area contributed by atoms with Crippen LogP contribution >= 0.6 is 11.8 Å². The maximum atomic E-state index is 12.4. The number of thioether (sulfide) groups is 1. The molecule has 0 aromatic heterocycles. The van der Waals surface area contributed by atoms with E-state index in [1.807, 2.05) is 0 Å². The molecule has 2 aromatic carbocycles. The molecule has 0 aliphatic carbocycles. The molecule has 27 heavy (non-hydrogen) atoms. The number of carbonyl (C=O) groups is 3. The minimum atomic E-state index is -0.543. The molecule has 1 fully saturated rings. The van der Waals surface area contributed by atoms with E-state index in [2.05, 4.69) is 5.32 Å². The average molecular weight is 384 g/mol. The van der Waals surface area contributed by atoms with Crippen molar-refractivity contribution in [2.24, 2.45) is 0 Å². The van der Waals surface area contributed by atoms with E-state index < -0.39 is 17.1 Å². The predicted molar refractivity (Wildman–Crippen MR) is 102 cm³/mol. The minimum Gasteiger partial charge on any atom is -0.508 e. The van der Waals surface area contributed by atoms with E-state index >= 15 is 0 Å². The van der Waals surface area contributed by atoms with E-state index in [0.717, 1.165) is 16.7 Å². The molecular formula is C19H16N2O5S. The van der Waals surface area contributed by atoms with Crippen molar-refractivity contribution in [3.05, 3.63) is 59.0 Å². The van der Waals surface area contributed by atoms with Crippen molar-refractivity contribution < 1.29 is 24.2 Å². The van der Waals surface area contributed by atoms with Crippen LogP contribution in [-0.4, -0.2) is 40.7 Å². The number of hydrogen-bond acceptors (Lipinski definition) is 6. The lowest BCUT2D eigenvalue weighted by atomic mass is 10.2. The lowest BCUT2D eigenvalue weighted by molar-refractivity contribution is -0.127. The van der Waals surface area contributed by atoms with E-state index in [0.29, 0.717) is 17.0 Å². The van der Waals surface area contributed by atoms with Crippen molar-refractivity contribution in [1.29, 1.82) is 0 Å². The van der Waals surface area contributed by atoms with E-state index in [9.17, 15) is 19.5 Å². The number of amides is 3. The maximum Gasteiger partial charge on any atom is 0.294 e. The Kier molecular flexibility index (Phi) is 5.46. The topological polar surface area (TPSA) is 95.9 Å². The highest BCUT2D eigenvalue weighted by Gasteiger charge is 2.36. The summed E-state index contributed by atoms with van der Waals surface area (Å²) in [5.41, 5.74) is 1.12. The largest absolute Gasteiger partial charge is 0.508 e. The Bertz CT molecular complexity index is 924. The number of anilines is 1. The molecule has 0 bridgehead atoms. The quantitative estimate of drug-likeness (QED) is 0.769. The van der Waals surface area contributed by atoms with Crippen LogP contribution in [0, 0.1) is 0 Å². The second-order valence-electron chi connectivity index (χ2n) is 5.64. The fourth-order valence-corrected chi connectivity index (χ4v) is 3.26. The van der Waals surface area contributed by atoms with E-state index in [1.54, 1.807) is 36.4 Å². The first-order chi connectivity index (χ1) is 13.0. The molecule has 0 radical (unpaired) electrons. The van der Waals surface area contributed by atoms with Gasteiger partial charge in [0.25, 0.3) is 11.1 Å². The van der Waals surface area contributed by atoms with Crippen molar-refractivity contribution in [3.8, 4) is 11.5 Å². The molecule has 0 atom stereocenters. The van der Waals surface area contributed by atoms with Crippen LogP contribution in [0.4, 0.5) is 10.5 Å².